The quantitative estimate of drug-likeness (QED) is 0.432. The fourth-order valence-corrected chi connectivity index (χ4v) is 2.56. The number of rotatable bonds is 0. The lowest BCUT2D eigenvalue weighted by Crippen LogP contribution is -2.39. The molecule has 0 aromatic rings. The van der Waals surface area contributed by atoms with Crippen LogP contribution < -0.4 is 0 Å². The summed E-state index contributed by atoms with van der Waals surface area (Å²) in [7, 11) is -2.53. The van der Waals surface area contributed by atoms with Gasteiger partial charge in [-0.25, -0.2) is 0 Å². The molecular weight excluding hydrogens is 116 g/mol. The van der Waals surface area contributed by atoms with Gasteiger partial charge in [-0.3, -0.25) is 0 Å². The van der Waals surface area contributed by atoms with E-state index in [9.17, 15) is 0 Å². The summed E-state index contributed by atoms with van der Waals surface area (Å²) in [5, 5.41) is 0. The Morgan fingerprint density at radius 3 is 1.83 bits per heavy atom. The first kappa shape index (κ1) is 4.64. The summed E-state index contributed by atoms with van der Waals surface area (Å²) in [6.45, 7) is 0. The molecule has 0 amide bonds. The van der Waals surface area contributed by atoms with E-state index in [1.54, 1.807) is 0 Å². The van der Waals surface area contributed by atoms with Crippen molar-refractivity contribution in [3.05, 3.63) is 0 Å². The van der Waals surface area contributed by atoms with E-state index in [-0.39, 0.29) is 0 Å². The molecule has 2 nitrogen and oxygen atoms in total. The molecule has 2 N–H and O–H groups in total. The minimum absolute atomic E-state index is 0.664. The molecule has 1 aliphatic heterocycles. The molecule has 0 aromatic heterocycles. The molecule has 0 aromatic carbocycles. The molecule has 0 spiro atoms. The smallest absolute Gasteiger partial charge is 0.401 e. The summed E-state index contributed by atoms with van der Waals surface area (Å²) in [6.07, 6.45) is 0. The van der Waals surface area contributed by atoms with Gasteiger partial charge in [0, 0.05) is 6.04 Å². The Balaban J connectivity index is 2.31. The van der Waals surface area contributed by atoms with Crippen LogP contribution in [-0.2, 0) is 0 Å². The highest BCUT2D eigenvalue weighted by Crippen LogP contribution is 2.30. The molecule has 0 aliphatic carbocycles. The monoisotopic (exact) mass is 122 g/mol. The van der Waals surface area contributed by atoms with Crippen LogP contribution in [-0.4, -0.2) is 23.1 Å². The minimum Gasteiger partial charge on any atom is -0.403 e. The zero-order valence-electron chi connectivity index (χ0n) is 3.22. The Morgan fingerprint density at radius 1 is 1.50 bits per heavy atom. The standard InChI is InChI=1S/C2H6O2SSi/c3-6(4)2-1-5-6/h3-4H,1-2H2. The minimum atomic E-state index is -2.53. The molecule has 1 aliphatic rings. The molecule has 0 unspecified atom stereocenters. The summed E-state index contributed by atoms with van der Waals surface area (Å²) in [5.74, 6) is 0.944. The molecule has 0 atom stereocenters. The Hall–Kier alpha value is 0.487. The topological polar surface area (TPSA) is 40.5 Å². The first-order chi connectivity index (χ1) is 2.71. The molecule has 36 valence electrons. The van der Waals surface area contributed by atoms with Gasteiger partial charge in [-0.15, -0.1) is 11.2 Å². The zero-order chi connectivity index (χ0) is 4.62. The number of hydrogen-bond acceptors (Lipinski definition) is 3. The molecule has 0 bridgehead atoms. The van der Waals surface area contributed by atoms with Crippen LogP contribution in [0.5, 0.6) is 0 Å². The highest BCUT2D eigenvalue weighted by molar-refractivity contribution is 8.29. The number of hydrogen-bond donors (Lipinski definition) is 2. The molecule has 6 heavy (non-hydrogen) atoms. The summed E-state index contributed by atoms with van der Waals surface area (Å²) >= 11 is 1.31. The second-order valence-corrected chi connectivity index (χ2v) is 6.85. The molecule has 0 radical (unpaired) electrons. The van der Waals surface area contributed by atoms with Gasteiger partial charge in [0.1, 0.15) is 0 Å². The van der Waals surface area contributed by atoms with Crippen molar-refractivity contribution < 1.29 is 9.59 Å². The summed E-state index contributed by atoms with van der Waals surface area (Å²) < 4.78 is 0. The van der Waals surface area contributed by atoms with E-state index in [2.05, 4.69) is 0 Å². The highest BCUT2D eigenvalue weighted by Gasteiger charge is 2.38. The van der Waals surface area contributed by atoms with Gasteiger partial charge in [-0.05, 0) is 5.75 Å². The molecule has 1 heterocycles. The first-order valence-corrected chi connectivity index (χ1v) is 5.61. The fraction of sp³-hybridized carbons (Fsp3) is 1.00. The highest BCUT2D eigenvalue weighted by atomic mass is 32.4. The maximum atomic E-state index is 8.57. The van der Waals surface area contributed by atoms with Crippen molar-refractivity contribution in [1.82, 2.24) is 0 Å². The Morgan fingerprint density at radius 2 is 1.83 bits per heavy atom. The molecule has 4 heteroatoms. The van der Waals surface area contributed by atoms with Crippen LogP contribution in [0, 0.1) is 0 Å². The Labute approximate surface area is 41.1 Å². The Kier molecular flexibility index (Phi) is 0.949. The van der Waals surface area contributed by atoms with Gasteiger partial charge in [-0.2, -0.15) is 0 Å². The third-order valence-electron chi connectivity index (χ3n) is 0.761. The predicted molar refractivity (Wildman–Crippen MR) is 27.5 cm³/mol. The van der Waals surface area contributed by atoms with Crippen LogP contribution in [0.25, 0.3) is 0 Å². The van der Waals surface area contributed by atoms with Gasteiger partial charge in [0.2, 0.25) is 0 Å². The fourth-order valence-electron chi connectivity index (χ4n) is 0.285. The van der Waals surface area contributed by atoms with E-state index in [1.807, 2.05) is 0 Å². The van der Waals surface area contributed by atoms with Crippen LogP contribution in [0.15, 0.2) is 0 Å². The average molecular weight is 122 g/mol. The van der Waals surface area contributed by atoms with E-state index >= 15 is 0 Å². The molecule has 1 saturated heterocycles. The average Bonchev–Trinajstić information content (AvgIpc) is 1.32. The first-order valence-electron chi connectivity index (χ1n) is 1.79. The van der Waals surface area contributed by atoms with Crippen LogP contribution in [0.1, 0.15) is 0 Å². The van der Waals surface area contributed by atoms with Gasteiger partial charge < -0.3 is 9.59 Å². The van der Waals surface area contributed by atoms with Gasteiger partial charge in [0.05, 0.1) is 0 Å². The van der Waals surface area contributed by atoms with Crippen LogP contribution >= 0.6 is 11.2 Å². The molecule has 1 rings (SSSR count). The van der Waals surface area contributed by atoms with Crippen molar-refractivity contribution in [3.8, 4) is 0 Å². The summed E-state index contributed by atoms with van der Waals surface area (Å²) in [6, 6.07) is 0.664. The van der Waals surface area contributed by atoms with Crippen molar-refractivity contribution in [1.29, 1.82) is 0 Å². The summed E-state index contributed by atoms with van der Waals surface area (Å²) in [4.78, 5) is 17.1. The largest absolute Gasteiger partial charge is 0.403 e. The summed E-state index contributed by atoms with van der Waals surface area (Å²) in [5.41, 5.74) is 0. The third-order valence-corrected chi connectivity index (χ3v) is 5.51. The van der Waals surface area contributed by atoms with E-state index in [0.29, 0.717) is 6.04 Å². The van der Waals surface area contributed by atoms with E-state index in [0.717, 1.165) is 5.75 Å². The van der Waals surface area contributed by atoms with E-state index < -0.39 is 7.71 Å². The van der Waals surface area contributed by atoms with Crippen LogP contribution in [0.3, 0.4) is 0 Å². The van der Waals surface area contributed by atoms with Crippen LogP contribution in [0.2, 0.25) is 6.04 Å². The van der Waals surface area contributed by atoms with Crippen molar-refractivity contribution in [2.45, 2.75) is 6.04 Å². The van der Waals surface area contributed by atoms with E-state index in [4.69, 9.17) is 9.59 Å². The van der Waals surface area contributed by atoms with Gasteiger partial charge in [0.15, 0.2) is 0 Å². The van der Waals surface area contributed by atoms with E-state index in [1.165, 1.54) is 11.2 Å². The molecule has 0 saturated carbocycles. The van der Waals surface area contributed by atoms with Crippen molar-refractivity contribution in [3.63, 3.8) is 0 Å². The van der Waals surface area contributed by atoms with Gasteiger partial charge >= 0.3 is 7.71 Å². The Bertz CT molecular complexity index is 58.6. The lowest BCUT2D eigenvalue weighted by Gasteiger charge is -2.24. The molecule has 1 fully saturated rings. The van der Waals surface area contributed by atoms with Gasteiger partial charge in [-0.1, -0.05) is 0 Å². The lowest BCUT2D eigenvalue weighted by atomic mass is 11.0. The molecular formula is C2H6O2SSi. The maximum absolute atomic E-state index is 8.57. The predicted octanol–water partition coefficient (Wildman–Crippen LogP) is -0.343. The lowest BCUT2D eigenvalue weighted by molar-refractivity contribution is 0.391. The van der Waals surface area contributed by atoms with Crippen LogP contribution in [0.4, 0.5) is 0 Å². The SMILES string of the molecule is O[Si]1(O)CCS1. The second-order valence-electron chi connectivity index (χ2n) is 1.34. The van der Waals surface area contributed by atoms with Crippen molar-refractivity contribution >= 4 is 18.9 Å². The van der Waals surface area contributed by atoms with Crippen molar-refractivity contribution in [2.75, 3.05) is 5.75 Å². The normalized spacial score (nSPS) is 29.0. The third kappa shape index (κ3) is 0.757. The van der Waals surface area contributed by atoms with Crippen molar-refractivity contribution in [2.24, 2.45) is 0 Å². The van der Waals surface area contributed by atoms with Gasteiger partial charge in [0.25, 0.3) is 0 Å². The zero-order valence-corrected chi connectivity index (χ0v) is 5.03. The maximum Gasteiger partial charge on any atom is 0.401 e. The second kappa shape index (κ2) is 1.23.